The maximum absolute atomic E-state index is 8.17. The quantitative estimate of drug-likeness (QED) is 0.113. The summed E-state index contributed by atoms with van der Waals surface area (Å²) in [6.07, 6.45) is 0. The highest BCUT2D eigenvalue weighted by Gasteiger charge is 2.16. The number of hydrogen-bond acceptors (Lipinski definition) is 3. The predicted octanol–water partition coefficient (Wildman–Crippen LogP) is 19.5. The van der Waals surface area contributed by atoms with E-state index in [2.05, 4.69) is 229 Å². The normalized spacial score (nSPS) is 11.4. The lowest BCUT2D eigenvalue weighted by Crippen LogP contribution is -2.00. The van der Waals surface area contributed by atoms with Gasteiger partial charge in [0.05, 0.1) is 6.57 Å². The zero-order chi connectivity index (χ0) is 50.5. The van der Waals surface area contributed by atoms with Crippen molar-refractivity contribution in [2.45, 2.75) is 0 Å². The van der Waals surface area contributed by atoms with Crippen molar-refractivity contribution in [1.29, 1.82) is 0 Å². The fourth-order valence-electron chi connectivity index (χ4n) is 11.1. The summed E-state index contributed by atoms with van der Waals surface area (Å²) in [5.41, 5.74) is 14.0. The number of rotatable bonds is 8. The minimum atomic E-state index is 0.589. The van der Waals surface area contributed by atoms with Crippen LogP contribution in [0.3, 0.4) is 0 Å². The van der Waals surface area contributed by atoms with Crippen molar-refractivity contribution in [3.63, 3.8) is 0 Å². The second-order valence-electron chi connectivity index (χ2n) is 19.4. The van der Waals surface area contributed by atoms with Gasteiger partial charge < -0.3 is 0 Å². The number of aromatic nitrogens is 3. The van der Waals surface area contributed by atoms with Crippen molar-refractivity contribution in [1.82, 2.24) is 15.0 Å². The van der Waals surface area contributed by atoms with Crippen LogP contribution in [0.1, 0.15) is 0 Å². The van der Waals surface area contributed by atoms with Gasteiger partial charge in [-0.05, 0) is 158 Å². The van der Waals surface area contributed by atoms with E-state index in [4.69, 9.17) is 21.5 Å². The topological polar surface area (TPSA) is 43.0 Å². The standard InChI is InChI=1S/C72H44N4/c1-73-59-42-57(41-58(43-59)53-23-14-20-50(39-53)54-36-37-67-64-29-9-8-27-62(64)63-28-10-12-31-66(63)69(67)44-54)52-22-13-19-49(38-52)51-21-15-24-56(40-51)72-75-70(47-16-3-2-4-17-47)74-71(76-72)48-34-32-46(33-35-48)68-45-55-18-5-6-25-60(55)61-26-7-11-30-65(61)68/h2-45H. The molecule has 1 heterocycles. The Morgan fingerprint density at radius 3 is 1.14 bits per heavy atom. The van der Waals surface area contributed by atoms with Gasteiger partial charge in [-0.15, -0.1) is 0 Å². The van der Waals surface area contributed by atoms with Crippen LogP contribution in [0.2, 0.25) is 0 Å². The molecule has 0 aliphatic carbocycles. The van der Waals surface area contributed by atoms with Crippen LogP contribution in [0.5, 0.6) is 0 Å². The summed E-state index contributed by atoms with van der Waals surface area (Å²) in [6.45, 7) is 8.17. The monoisotopic (exact) mass is 964 g/mol. The maximum atomic E-state index is 8.17. The summed E-state index contributed by atoms with van der Waals surface area (Å²) in [7, 11) is 0. The van der Waals surface area contributed by atoms with Gasteiger partial charge in [0.2, 0.25) is 0 Å². The number of hydrogen-bond donors (Lipinski definition) is 0. The molecule has 76 heavy (non-hydrogen) atoms. The van der Waals surface area contributed by atoms with Crippen LogP contribution >= 0.6 is 0 Å². The molecule has 14 rings (SSSR count). The summed E-state index contributed by atoms with van der Waals surface area (Å²) in [5.74, 6) is 1.80. The molecular weight excluding hydrogens is 921 g/mol. The molecule has 13 aromatic carbocycles. The average molecular weight is 965 g/mol. The summed E-state index contributed by atoms with van der Waals surface area (Å²) in [5, 5.41) is 12.5. The third-order valence-electron chi connectivity index (χ3n) is 14.9. The summed E-state index contributed by atoms with van der Waals surface area (Å²) in [6, 6.07) is 94.3. The largest absolute Gasteiger partial charge is 0.238 e. The fourth-order valence-corrected chi connectivity index (χ4v) is 11.1. The lowest BCUT2D eigenvalue weighted by Gasteiger charge is -2.13. The molecule has 4 nitrogen and oxygen atoms in total. The van der Waals surface area contributed by atoms with Crippen molar-refractivity contribution < 1.29 is 0 Å². The van der Waals surface area contributed by atoms with E-state index in [9.17, 15) is 0 Å². The van der Waals surface area contributed by atoms with E-state index in [1.165, 1.54) is 59.4 Å². The van der Waals surface area contributed by atoms with Gasteiger partial charge in [-0.3, -0.25) is 0 Å². The van der Waals surface area contributed by atoms with Crippen LogP contribution < -0.4 is 0 Å². The summed E-state index contributed by atoms with van der Waals surface area (Å²) in [4.78, 5) is 19.3. The van der Waals surface area contributed by atoms with E-state index in [-0.39, 0.29) is 0 Å². The molecule has 0 radical (unpaired) electrons. The molecule has 0 atom stereocenters. The molecule has 0 spiro atoms. The zero-order valence-corrected chi connectivity index (χ0v) is 41.2. The molecule has 0 saturated heterocycles. The smallest absolute Gasteiger partial charge is 0.188 e. The third-order valence-corrected chi connectivity index (χ3v) is 14.9. The van der Waals surface area contributed by atoms with Crippen LogP contribution in [0.25, 0.3) is 149 Å². The number of benzene rings is 13. The Kier molecular flexibility index (Phi) is 10.9. The van der Waals surface area contributed by atoms with E-state index in [1.807, 2.05) is 42.5 Å². The molecule has 352 valence electrons. The molecule has 0 saturated carbocycles. The molecule has 1 aromatic heterocycles. The molecule has 14 aromatic rings. The first-order valence-electron chi connectivity index (χ1n) is 25.6. The maximum Gasteiger partial charge on any atom is 0.188 e. The minimum absolute atomic E-state index is 0.589. The highest BCUT2D eigenvalue weighted by atomic mass is 15.0. The van der Waals surface area contributed by atoms with Gasteiger partial charge in [-0.1, -0.05) is 218 Å². The van der Waals surface area contributed by atoms with Crippen molar-refractivity contribution in [3.05, 3.63) is 278 Å². The van der Waals surface area contributed by atoms with Gasteiger partial charge in [0, 0.05) is 16.7 Å². The Morgan fingerprint density at radius 1 is 0.224 bits per heavy atom. The SMILES string of the molecule is [C-]#[N+]c1cc(-c2cccc(-c3cccc(-c4nc(-c5ccccc5)nc(-c5ccc(-c6cc7ccccc7c7ccccc67)cc5)n4)c3)c2)cc(-c2cccc(-c3ccc4c5ccccc5c5ccccc5c4c3)c2)c1. The Hall–Kier alpha value is -10.3. The molecule has 0 fully saturated rings. The third kappa shape index (κ3) is 8.01. The van der Waals surface area contributed by atoms with Crippen LogP contribution in [0.15, 0.2) is 267 Å². The molecule has 0 amide bonds. The van der Waals surface area contributed by atoms with Crippen molar-refractivity contribution in [2.75, 3.05) is 0 Å². The Balaban J connectivity index is 0.797. The minimum Gasteiger partial charge on any atom is -0.238 e. The lowest BCUT2D eigenvalue weighted by atomic mass is 9.91. The molecule has 0 aliphatic heterocycles. The first-order chi connectivity index (χ1) is 37.6. The molecular formula is C72H44N4. The van der Waals surface area contributed by atoms with Crippen LogP contribution in [-0.4, -0.2) is 15.0 Å². The van der Waals surface area contributed by atoms with Gasteiger partial charge in [-0.2, -0.15) is 0 Å². The second-order valence-corrected chi connectivity index (χ2v) is 19.4. The zero-order valence-electron chi connectivity index (χ0n) is 41.2. The Bertz CT molecular complexity index is 4610. The first kappa shape index (κ1) is 44.4. The van der Waals surface area contributed by atoms with E-state index >= 15 is 0 Å². The Morgan fingerprint density at radius 2 is 0.579 bits per heavy atom. The summed E-state index contributed by atoms with van der Waals surface area (Å²) < 4.78 is 0. The molecule has 0 bridgehead atoms. The number of nitrogens with zero attached hydrogens (tertiary/aromatic N) is 4. The molecule has 0 aliphatic rings. The van der Waals surface area contributed by atoms with Gasteiger partial charge in [0.1, 0.15) is 0 Å². The van der Waals surface area contributed by atoms with E-state index in [1.54, 1.807) is 0 Å². The molecule has 0 unspecified atom stereocenters. The second kappa shape index (κ2) is 18.6. The van der Waals surface area contributed by atoms with Crippen LogP contribution in [0.4, 0.5) is 5.69 Å². The summed E-state index contributed by atoms with van der Waals surface area (Å²) >= 11 is 0. The van der Waals surface area contributed by atoms with Gasteiger partial charge >= 0.3 is 0 Å². The lowest BCUT2D eigenvalue weighted by molar-refractivity contribution is 1.07. The van der Waals surface area contributed by atoms with Gasteiger partial charge in [0.25, 0.3) is 0 Å². The van der Waals surface area contributed by atoms with Crippen molar-refractivity contribution >= 4 is 59.5 Å². The van der Waals surface area contributed by atoms with E-state index < -0.39 is 0 Å². The predicted molar refractivity (Wildman–Crippen MR) is 317 cm³/mol. The van der Waals surface area contributed by atoms with Crippen molar-refractivity contribution in [2.24, 2.45) is 0 Å². The van der Waals surface area contributed by atoms with Crippen LogP contribution in [-0.2, 0) is 0 Å². The van der Waals surface area contributed by atoms with Crippen molar-refractivity contribution in [3.8, 4) is 89.8 Å². The van der Waals surface area contributed by atoms with E-state index in [0.717, 1.165) is 66.8 Å². The van der Waals surface area contributed by atoms with E-state index in [0.29, 0.717) is 23.2 Å². The van der Waals surface area contributed by atoms with Crippen LogP contribution in [0, 0.1) is 6.57 Å². The van der Waals surface area contributed by atoms with Gasteiger partial charge in [-0.25, -0.2) is 19.8 Å². The average Bonchev–Trinajstić information content (AvgIpc) is 3.56. The molecule has 4 heteroatoms. The highest BCUT2D eigenvalue weighted by molar-refractivity contribution is 6.25. The molecule has 0 N–H and O–H groups in total. The fraction of sp³-hybridized carbons (Fsp3) is 0. The van der Waals surface area contributed by atoms with Gasteiger partial charge in [0.15, 0.2) is 23.2 Å². The first-order valence-corrected chi connectivity index (χ1v) is 25.6. The Labute approximate surface area is 440 Å². The highest BCUT2D eigenvalue weighted by Crippen LogP contribution is 2.41. The number of fused-ring (bicyclic) bond motifs is 9.